The third-order valence-corrected chi connectivity index (χ3v) is 8.61. The molecule has 0 bridgehead atoms. The Morgan fingerprint density at radius 3 is 1.65 bits per heavy atom. The first-order chi connectivity index (χ1) is 22.8. The van der Waals surface area contributed by atoms with E-state index < -0.39 is 0 Å². The number of nitrogens with zero attached hydrogens (tertiary/aromatic N) is 5. The van der Waals surface area contributed by atoms with Crippen LogP contribution in [-0.4, -0.2) is 24.5 Å². The first-order valence-corrected chi connectivity index (χ1v) is 15.4. The Kier molecular flexibility index (Phi) is 6.16. The second-order valence-electron chi connectivity index (χ2n) is 11.5. The molecule has 3 heterocycles. The van der Waals surface area contributed by atoms with Crippen molar-refractivity contribution in [3.8, 4) is 34.2 Å². The van der Waals surface area contributed by atoms with E-state index in [2.05, 4.69) is 65.3 Å². The largest absolute Gasteiger partial charge is 0.436 e. The van der Waals surface area contributed by atoms with Crippen LogP contribution < -0.4 is 0 Å². The lowest BCUT2D eigenvalue weighted by Crippen LogP contribution is -2.01. The third kappa shape index (κ3) is 4.50. The summed E-state index contributed by atoms with van der Waals surface area (Å²) < 4.78 is 8.67. The van der Waals surface area contributed by atoms with Crippen molar-refractivity contribution in [2.75, 3.05) is 0 Å². The molecule has 46 heavy (non-hydrogen) atoms. The minimum atomic E-state index is 0.592. The third-order valence-electron chi connectivity index (χ3n) is 8.61. The van der Waals surface area contributed by atoms with Gasteiger partial charge in [-0.3, -0.25) is 0 Å². The van der Waals surface area contributed by atoms with Crippen LogP contribution in [0.2, 0.25) is 0 Å². The van der Waals surface area contributed by atoms with E-state index in [1.807, 2.05) is 78.9 Å². The van der Waals surface area contributed by atoms with Crippen LogP contribution in [-0.2, 0) is 0 Å². The average Bonchev–Trinajstić information content (AvgIpc) is 3.71. The lowest BCUT2D eigenvalue weighted by molar-refractivity contribution is 0.580. The number of rotatable bonds is 5. The monoisotopic (exact) mass is 593 g/mol. The van der Waals surface area contributed by atoms with Crippen molar-refractivity contribution in [3.05, 3.63) is 145 Å². The van der Waals surface area contributed by atoms with Crippen LogP contribution in [0.4, 0.5) is 0 Å². The maximum Gasteiger partial charge on any atom is 0.223 e. The molecule has 0 amide bonds. The van der Waals surface area contributed by atoms with Crippen molar-refractivity contribution in [1.82, 2.24) is 24.5 Å². The predicted molar refractivity (Wildman–Crippen MR) is 185 cm³/mol. The van der Waals surface area contributed by atoms with E-state index in [0.717, 1.165) is 46.2 Å². The molecule has 0 saturated heterocycles. The lowest BCUT2D eigenvalue weighted by atomic mass is 10.0. The number of hydrogen-bond acceptors (Lipinski definition) is 5. The minimum absolute atomic E-state index is 0.592. The molecule has 0 spiro atoms. The Hall–Kier alpha value is -6.14. The number of fused-ring (bicyclic) bond motifs is 4. The van der Waals surface area contributed by atoms with Crippen LogP contribution in [0.15, 0.2) is 144 Å². The van der Waals surface area contributed by atoms with Gasteiger partial charge in [0, 0.05) is 38.7 Å². The highest BCUT2D eigenvalue weighted by Crippen LogP contribution is 2.37. The number of para-hydroxylation sites is 2. The summed E-state index contributed by atoms with van der Waals surface area (Å²) in [7, 11) is 0. The van der Waals surface area contributed by atoms with Crippen molar-refractivity contribution in [2.45, 2.75) is 12.8 Å². The maximum absolute atomic E-state index is 6.28. The van der Waals surface area contributed by atoms with Crippen LogP contribution in [0.25, 0.3) is 78.3 Å². The Bertz CT molecular complexity index is 2360. The molecule has 218 valence electrons. The zero-order valence-electron chi connectivity index (χ0n) is 24.8. The van der Waals surface area contributed by atoms with E-state index in [-0.39, 0.29) is 0 Å². The Labute approximate surface area is 265 Å². The van der Waals surface area contributed by atoms with Gasteiger partial charge in [0.2, 0.25) is 5.89 Å². The number of hydrogen-bond donors (Lipinski definition) is 0. The highest BCUT2D eigenvalue weighted by atomic mass is 16.3. The Morgan fingerprint density at radius 1 is 0.500 bits per heavy atom. The van der Waals surface area contributed by atoms with Crippen LogP contribution >= 0.6 is 0 Å². The predicted octanol–water partition coefficient (Wildman–Crippen LogP) is 9.84. The van der Waals surface area contributed by atoms with E-state index in [4.69, 9.17) is 24.4 Å². The van der Waals surface area contributed by atoms with Crippen molar-refractivity contribution in [3.63, 3.8) is 0 Å². The number of oxazole rings is 1. The van der Waals surface area contributed by atoms with Crippen molar-refractivity contribution in [2.24, 2.45) is 0 Å². The zero-order chi connectivity index (χ0) is 30.5. The summed E-state index contributed by atoms with van der Waals surface area (Å²) in [6.07, 6.45) is 6.08. The molecule has 6 heteroatoms. The van der Waals surface area contributed by atoms with Crippen molar-refractivity contribution in [1.29, 1.82) is 0 Å². The van der Waals surface area contributed by atoms with E-state index in [1.54, 1.807) is 0 Å². The second kappa shape index (κ2) is 10.8. The van der Waals surface area contributed by atoms with Gasteiger partial charge in [0.15, 0.2) is 23.1 Å². The number of allylic oxidation sites excluding steroid dienone is 4. The zero-order valence-corrected chi connectivity index (χ0v) is 24.8. The molecule has 0 atom stereocenters. The van der Waals surface area contributed by atoms with Crippen LogP contribution in [0.3, 0.4) is 0 Å². The van der Waals surface area contributed by atoms with Crippen LogP contribution in [0, 0.1) is 0 Å². The van der Waals surface area contributed by atoms with Gasteiger partial charge < -0.3 is 8.98 Å². The fraction of sp³-hybridized carbons (Fsp3) is 0.0500. The molecule has 0 radical (unpaired) electrons. The Balaban J connectivity index is 1.09. The van der Waals surface area contributed by atoms with Crippen LogP contribution in [0.1, 0.15) is 18.7 Å². The van der Waals surface area contributed by atoms with Crippen LogP contribution in [0.5, 0.6) is 0 Å². The normalized spacial score (nSPS) is 13.3. The van der Waals surface area contributed by atoms with Crippen molar-refractivity contribution < 1.29 is 4.42 Å². The molecule has 8 aromatic rings. The molecule has 0 N–H and O–H groups in total. The highest BCUT2D eigenvalue weighted by Gasteiger charge is 2.19. The molecule has 1 aliphatic carbocycles. The van der Waals surface area contributed by atoms with E-state index in [1.165, 1.54) is 27.5 Å². The summed E-state index contributed by atoms with van der Waals surface area (Å²) in [5.74, 6) is 2.50. The van der Waals surface area contributed by atoms with Gasteiger partial charge in [-0.25, -0.2) is 19.9 Å². The van der Waals surface area contributed by atoms with Gasteiger partial charge in [0.1, 0.15) is 5.52 Å². The van der Waals surface area contributed by atoms with Crippen molar-refractivity contribution >= 4 is 44.2 Å². The molecule has 0 unspecified atom stereocenters. The summed E-state index contributed by atoms with van der Waals surface area (Å²) in [5.41, 5.74) is 9.03. The van der Waals surface area contributed by atoms with Gasteiger partial charge in [-0.15, -0.1) is 0 Å². The van der Waals surface area contributed by atoms with Gasteiger partial charge in [-0.1, -0.05) is 103 Å². The van der Waals surface area contributed by atoms with E-state index >= 15 is 0 Å². The molecular formula is C40H27N5O. The van der Waals surface area contributed by atoms with E-state index in [9.17, 15) is 0 Å². The van der Waals surface area contributed by atoms with Gasteiger partial charge in [-0.2, -0.15) is 0 Å². The lowest BCUT2D eigenvalue weighted by Gasteiger charge is -2.16. The molecule has 5 aromatic carbocycles. The minimum Gasteiger partial charge on any atom is -0.436 e. The quantitative estimate of drug-likeness (QED) is 0.199. The smallest absolute Gasteiger partial charge is 0.223 e. The molecule has 0 saturated carbocycles. The summed E-state index contributed by atoms with van der Waals surface area (Å²) in [4.78, 5) is 19.5. The summed E-state index contributed by atoms with van der Waals surface area (Å²) in [6, 6.07) is 43.2. The molecule has 3 aromatic heterocycles. The van der Waals surface area contributed by atoms with Gasteiger partial charge >= 0.3 is 0 Å². The topological polar surface area (TPSA) is 69.6 Å². The molecule has 9 rings (SSSR count). The second-order valence-corrected chi connectivity index (χ2v) is 11.5. The first kappa shape index (κ1) is 26.3. The fourth-order valence-electron chi connectivity index (χ4n) is 6.36. The summed E-state index contributed by atoms with van der Waals surface area (Å²) in [6.45, 7) is 0. The Morgan fingerprint density at radius 2 is 1.07 bits per heavy atom. The summed E-state index contributed by atoms with van der Waals surface area (Å²) in [5, 5.41) is 2.54. The maximum atomic E-state index is 6.28. The highest BCUT2D eigenvalue weighted by molar-refractivity contribution is 6.10. The molecule has 0 aliphatic heterocycles. The number of aromatic nitrogens is 5. The van der Waals surface area contributed by atoms with Gasteiger partial charge in [0.25, 0.3) is 0 Å². The molecule has 6 nitrogen and oxygen atoms in total. The fourth-order valence-corrected chi connectivity index (χ4v) is 6.36. The molecule has 1 aliphatic rings. The van der Waals surface area contributed by atoms with Gasteiger partial charge in [-0.05, 0) is 49.2 Å². The standard InChI is InChI=1S/C40H27N5O/c1-3-11-26(12-4-1)37-42-38(27-13-5-2-6-14-27)44-39(43-37)29-21-24-36-33(25-29)41-40(46-36)28-19-22-30(23-20-28)45-34-17-9-7-15-31(34)32-16-8-10-18-35(32)45/h1-19,21-22,24-25H,20,23H2. The molecular weight excluding hydrogens is 566 g/mol. The van der Waals surface area contributed by atoms with E-state index in [0.29, 0.717) is 23.4 Å². The average molecular weight is 594 g/mol. The summed E-state index contributed by atoms with van der Waals surface area (Å²) >= 11 is 0. The SMILES string of the molecule is C1=C(c2nc3cc(-c4nc(-c5ccccc5)nc(-c5ccccc5)n4)ccc3o2)CCC(n2c3ccccc3c3ccccc32)=C1. The molecule has 0 fully saturated rings. The first-order valence-electron chi connectivity index (χ1n) is 15.4. The van der Waals surface area contributed by atoms with Gasteiger partial charge in [0.05, 0.1) is 11.0 Å². The number of benzene rings is 5.